The average molecular weight is 194 g/mol. The number of aliphatic hydroxyl groups is 1. The summed E-state index contributed by atoms with van der Waals surface area (Å²) >= 11 is 0. The van der Waals surface area contributed by atoms with Gasteiger partial charge >= 0.3 is 0 Å². The minimum Gasteiger partial charge on any atom is -0.388 e. The standard InChI is InChI=1S/C11H14O3/c12-10(11-8-14-11)7-13-6-9-4-2-1-3-5-9/h1-5,10-12H,6-8H2/t10-,11?/m1/s1. The van der Waals surface area contributed by atoms with Crippen LogP contribution in [-0.2, 0) is 16.1 Å². The summed E-state index contributed by atoms with van der Waals surface area (Å²) in [4.78, 5) is 0. The molecule has 1 aliphatic rings. The fraction of sp³-hybridized carbons (Fsp3) is 0.455. The predicted octanol–water partition coefficient (Wildman–Crippen LogP) is 0.963. The van der Waals surface area contributed by atoms with Crippen molar-refractivity contribution in [3.8, 4) is 0 Å². The van der Waals surface area contributed by atoms with Gasteiger partial charge in [0.2, 0.25) is 0 Å². The molecule has 2 rings (SSSR count). The second kappa shape index (κ2) is 4.55. The summed E-state index contributed by atoms with van der Waals surface area (Å²) in [7, 11) is 0. The van der Waals surface area contributed by atoms with Crippen molar-refractivity contribution in [3.63, 3.8) is 0 Å². The highest BCUT2D eigenvalue weighted by Gasteiger charge is 2.31. The molecule has 2 atom stereocenters. The van der Waals surface area contributed by atoms with Crippen LogP contribution in [0.3, 0.4) is 0 Å². The molecule has 1 fully saturated rings. The van der Waals surface area contributed by atoms with Crippen molar-refractivity contribution in [2.75, 3.05) is 13.2 Å². The Kier molecular flexibility index (Phi) is 3.14. The molecule has 0 bridgehead atoms. The molecule has 1 saturated heterocycles. The van der Waals surface area contributed by atoms with Crippen molar-refractivity contribution >= 4 is 0 Å². The van der Waals surface area contributed by atoms with Gasteiger partial charge in [-0.15, -0.1) is 0 Å². The first kappa shape index (κ1) is 9.65. The molecule has 1 aromatic rings. The fourth-order valence-corrected chi connectivity index (χ4v) is 1.26. The third kappa shape index (κ3) is 2.80. The summed E-state index contributed by atoms with van der Waals surface area (Å²) in [5, 5.41) is 9.42. The third-order valence-corrected chi connectivity index (χ3v) is 2.19. The summed E-state index contributed by atoms with van der Waals surface area (Å²) in [5.41, 5.74) is 1.12. The molecule has 0 radical (unpaired) electrons. The van der Waals surface area contributed by atoms with E-state index in [-0.39, 0.29) is 6.10 Å². The topological polar surface area (TPSA) is 42.0 Å². The van der Waals surface area contributed by atoms with Gasteiger partial charge in [-0.05, 0) is 5.56 Å². The molecule has 0 saturated carbocycles. The lowest BCUT2D eigenvalue weighted by atomic mass is 10.2. The van der Waals surface area contributed by atoms with Gasteiger partial charge in [-0.3, -0.25) is 0 Å². The van der Waals surface area contributed by atoms with Crippen LogP contribution in [0.1, 0.15) is 5.56 Å². The Morgan fingerprint density at radius 1 is 1.43 bits per heavy atom. The molecule has 3 nitrogen and oxygen atoms in total. The molecule has 0 aliphatic carbocycles. The zero-order chi connectivity index (χ0) is 9.80. The van der Waals surface area contributed by atoms with E-state index < -0.39 is 6.10 Å². The van der Waals surface area contributed by atoms with Gasteiger partial charge in [-0.1, -0.05) is 30.3 Å². The van der Waals surface area contributed by atoms with Gasteiger partial charge in [0.1, 0.15) is 12.2 Å². The van der Waals surface area contributed by atoms with Crippen LogP contribution >= 0.6 is 0 Å². The van der Waals surface area contributed by atoms with Gasteiger partial charge in [0.05, 0.1) is 19.8 Å². The molecule has 0 amide bonds. The van der Waals surface area contributed by atoms with E-state index in [2.05, 4.69) is 0 Å². The quantitative estimate of drug-likeness (QED) is 0.710. The minimum atomic E-state index is -0.473. The lowest BCUT2D eigenvalue weighted by Crippen LogP contribution is -2.21. The van der Waals surface area contributed by atoms with E-state index in [1.165, 1.54) is 0 Å². The van der Waals surface area contributed by atoms with E-state index in [0.29, 0.717) is 19.8 Å². The molecular formula is C11H14O3. The Bertz CT molecular complexity index is 269. The first-order valence-electron chi connectivity index (χ1n) is 4.77. The summed E-state index contributed by atoms with van der Waals surface area (Å²) in [6, 6.07) is 9.91. The highest BCUT2D eigenvalue weighted by Crippen LogP contribution is 2.14. The first-order chi connectivity index (χ1) is 6.86. The van der Waals surface area contributed by atoms with E-state index >= 15 is 0 Å². The van der Waals surface area contributed by atoms with Crippen LogP contribution < -0.4 is 0 Å². The molecule has 0 spiro atoms. The number of ether oxygens (including phenoxy) is 2. The molecule has 1 heterocycles. The summed E-state index contributed by atoms with van der Waals surface area (Å²) in [5.74, 6) is 0. The maximum absolute atomic E-state index is 9.42. The zero-order valence-corrected chi connectivity index (χ0v) is 7.93. The number of benzene rings is 1. The maximum atomic E-state index is 9.42. The number of aliphatic hydroxyl groups excluding tert-OH is 1. The second-order valence-corrected chi connectivity index (χ2v) is 3.44. The van der Waals surface area contributed by atoms with Crippen LogP contribution in [0, 0.1) is 0 Å². The Hall–Kier alpha value is -0.900. The largest absolute Gasteiger partial charge is 0.388 e. The summed E-state index contributed by atoms with van der Waals surface area (Å²) in [6.45, 7) is 1.56. The predicted molar refractivity (Wildman–Crippen MR) is 51.8 cm³/mol. The molecular weight excluding hydrogens is 180 g/mol. The van der Waals surface area contributed by atoms with Crippen molar-refractivity contribution in [1.29, 1.82) is 0 Å². The lowest BCUT2D eigenvalue weighted by Gasteiger charge is -2.08. The summed E-state index contributed by atoms with van der Waals surface area (Å²) < 4.78 is 10.3. The highest BCUT2D eigenvalue weighted by atomic mass is 16.6. The Morgan fingerprint density at radius 2 is 2.14 bits per heavy atom. The molecule has 0 aromatic heterocycles. The van der Waals surface area contributed by atoms with Crippen LogP contribution in [-0.4, -0.2) is 30.5 Å². The smallest absolute Gasteiger partial charge is 0.109 e. The number of epoxide rings is 1. The van der Waals surface area contributed by atoms with Crippen molar-refractivity contribution in [2.45, 2.75) is 18.8 Å². The Labute approximate surface area is 83.3 Å². The fourth-order valence-electron chi connectivity index (χ4n) is 1.26. The molecule has 76 valence electrons. The van der Waals surface area contributed by atoms with Gasteiger partial charge in [0.15, 0.2) is 0 Å². The molecule has 3 heteroatoms. The van der Waals surface area contributed by atoms with Crippen LogP contribution in [0.4, 0.5) is 0 Å². The van der Waals surface area contributed by atoms with Crippen molar-refractivity contribution in [1.82, 2.24) is 0 Å². The number of hydrogen-bond acceptors (Lipinski definition) is 3. The molecule has 1 aliphatic heterocycles. The number of hydrogen-bond donors (Lipinski definition) is 1. The maximum Gasteiger partial charge on any atom is 0.109 e. The Morgan fingerprint density at radius 3 is 2.79 bits per heavy atom. The second-order valence-electron chi connectivity index (χ2n) is 3.44. The van der Waals surface area contributed by atoms with Crippen molar-refractivity contribution in [2.24, 2.45) is 0 Å². The zero-order valence-electron chi connectivity index (χ0n) is 7.93. The summed E-state index contributed by atoms with van der Waals surface area (Å²) in [6.07, 6.45) is -0.468. The van der Waals surface area contributed by atoms with Gasteiger partial charge < -0.3 is 14.6 Å². The molecule has 1 unspecified atom stereocenters. The van der Waals surface area contributed by atoms with E-state index in [4.69, 9.17) is 9.47 Å². The third-order valence-electron chi connectivity index (χ3n) is 2.19. The lowest BCUT2D eigenvalue weighted by molar-refractivity contribution is 0.0148. The van der Waals surface area contributed by atoms with Crippen LogP contribution in [0.15, 0.2) is 30.3 Å². The van der Waals surface area contributed by atoms with Crippen LogP contribution in [0.25, 0.3) is 0 Å². The van der Waals surface area contributed by atoms with E-state index in [0.717, 1.165) is 5.56 Å². The van der Waals surface area contributed by atoms with E-state index in [1.807, 2.05) is 30.3 Å². The monoisotopic (exact) mass is 194 g/mol. The normalized spacial score (nSPS) is 21.9. The minimum absolute atomic E-state index is 0.00535. The number of rotatable bonds is 5. The average Bonchev–Trinajstić information content (AvgIpc) is 3.02. The van der Waals surface area contributed by atoms with Gasteiger partial charge in [-0.2, -0.15) is 0 Å². The van der Waals surface area contributed by atoms with E-state index in [9.17, 15) is 5.11 Å². The van der Waals surface area contributed by atoms with Crippen molar-refractivity contribution < 1.29 is 14.6 Å². The van der Waals surface area contributed by atoms with Crippen LogP contribution in [0.2, 0.25) is 0 Å². The molecule has 14 heavy (non-hydrogen) atoms. The van der Waals surface area contributed by atoms with Gasteiger partial charge in [0, 0.05) is 0 Å². The van der Waals surface area contributed by atoms with Crippen molar-refractivity contribution in [3.05, 3.63) is 35.9 Å². The Balaban J connectivity index is 1.67. The first-order valence-corrected chi connectivity index (χ1v) is 4.77. The molecule has 1 aromatic carbocycles. The highest BCUT2D eigenvalue weighted by molar-refractivity contribution is 5.13. The van der Waals surface area contributed by atoms with Gasteiger partial charge in [-0.25, -0.2) is 0 Å². The SMILES string of the molecule is O[C@H](COCc1ccccc1)C1CO1. The van der Waals surface area contributed by atoms with Gasteiger partial charge in [0.25, 0.3) is 0 Å². The molecule has 1 N–H and O–H groups in total. The van der Waals surface area contributed by atoms with Crippen LogP contribution in [0.5, 0.6) is 0 Å². The van der Waals surface area contributed by atoms with E-state index in [1.54, 1.807) is 0 Å².